The summed E-state index contributed by atoms with van der Waals surface area (Å²) in [5.41, 5.74) is 1.91. The van der Waals surface area contributed by atoms with Gasteiger partial charge in [0.25, 0.3) is 0 Å². The molecule has 1 atom stereocenters. The Hall–Kier alpha value is -1.24. The molecule has 1 aromatic carbocycles. The molecule has 1 heterocycles. The zero-order valence-corrected chi connectivity index (χ0v) is 15.2. The van der Waals surface area contributed by atoms with Crippen molar-refractivity contribution >= 4 is 40.3 Å². The lowest BCUT2D eigenvalue weighted by atomic mass is 10.3. The third-order valence-electron chi connectivity index (χ3n) is 3.38. The summed E-state index contributed by atoms with van der Waals surface area (Å²) in [5, 5.41) is 4.14. The number of nitrogens with zero attached hydrogens (tertiary/aromatic N) is 2. The first-order valence-electron chi connectivity index (χ1n) is 7.66. The molecule has 0 radical (unpaired) electrons. The fraction of sp³-hybridized carbons (Fsp3) is 0.500. The van der Waals surface area contributed by atoms with Crippen molar-refractivity contribution in [3.63, 3.8) is 0 Å². The van der Waals surface area contributed by atoms with Gasteiger partial charge in [-0.15, -0.1) is 0 Å². The smallest absolute Gasteiger partial charge is 0.233 e. The predicted octanol–water partition coefficient (Wildman–Crippen LogP) is 3.34. The highest BCUT2D eigenvalue weighted by molar-refractivity contribution is 8.00. The second kappa shape index (κ2) is 8.57. The molecule has 0 saturated heterocycles. The molecule has 126 valence electrons. The normalized spacial score (nSPS) is 12.5. The number of imidazole rings is 1. The molecule has 0 spiro atoms. The number of amides is 1. The maximum atomic E-state index is 12.1. The highest BCUT2D eigenvalue weighted by Crippen LogP contribution is 2.29. The summed E-state index contributed by atoms with van der Waals surface area (Å²) in [7, 11) is 1.61. The molecular weight excluding hydrogens is 334 g/mol. The molecule has 1 amide bonds. The maximum Gasteiger partial charge on any atom is 0.233 e. The Bertz CT molecular complexity index is 675. The molecular formula is C16H22ClN3O2S. The molecule has 0 fully saturated rings. The third kappa shape index (κ3) is 4.62. The molecule has 0 unspecified atom stereocenters. The van der Waals surface area contributed by atoms with Gasteiger partial charge in [0.15, 0.2) is 5.16 Å². The van der Waals surface area contributed by atoms with Crippen LogP contribution in [0.3, 0.4) is 0 Å². The van der Waals surface area contributed by atoms with E-state index in [1.165, 1.54) is 11.8 Å². The van der Waals surface area contributed by atoms with Crippen LogP contribution in [0.1, 0.15) is 20.3 Å². The van der Waals surface area contributed by atoms with E-state index >= 15 is 0 Å². The lowest BCUT2D eigenvalue weighted by Crippen LogP contribution is -2.33. The molecule has 0 aliphatic heterocycles. The van der Waals surface area contributed by atoms with E-state index in [1.54, 1.807) is 7.11 Å². The molecule has 2 rings (SSSR count). The highest BCUT2D eigenvalue weighted by atomic mass is 35.5. The minimum atomic E-state index is -0.227. The van der Waals surface area contributed by atoms with Crippen LogP contribution >= 0.6 is 23.4 Å². The van der Waals surface area contributed by atoms with Crippen LogP contribution in [0.5, 0.6) is 0 Å². The fourth-order valence-corrected chi connectivity index (χ4v) is 3.38. The first-order valence-corrected chi connectivity index (χ1v) is 8.91. The van der Waals surface area contributed by atoms with Crippen LogP contribution in [0.25, 0.3) is 11.0 Å². The van der Waals surface area contributed by atoms with Gasteiger partial charge < -0.3 is 14.6 Å². The number of fused-ring (bicyclic) bond motifs is 1. The molecule has 23 heavy (non-hydrogen) atoms. The zero-order valence-electron chi connectivity index (χ0n) is 13.6. The van der Waals surface area contributed by atoms with Crippen molar-refractivity contribution in [1.82, 2.24) is 14.9 Å². The minimum absolute atomic E-state index is 0.0137. The number of aryl methyl sites for hydroxylation is 1. The number of hydrogen-bond donors (Lipinski definition) is 1. The quantitative estimate of drug-likeness (QED) is 0.583. The SMILES string of the molecule is CCCn1c(S[C@@H](C)C(=O)NCCOC)nc2cc(Cl)ccc21. The summed E-state index contributed by atoms with van der Waals surface area (Å²) >= 11 is 7.52. The van der Waals surface area contributed by atoms with E-state index in [-0.39, 0.29) is 11.2 Å². The Morgan fingerprint density at radius 3 is 3.00 bits per heavy atom. The minimum Gasteiger partial charge on any atom is -0.383 e. The van der Waals surface area contributed by atoms with Gasteiger partial charge in [-0.2, -0.15) is 0 Å². The number of thioether (sulfide) groups is 1. The number of hydrogen-bond acceptors (Lipinski definition) is 4. The van der Waals surface area contributed by atoms with Gasteiger partial charge >= 0.3 is 0 Å². The second-order valence-corrected chi connectivity index (χ2v) is 6.97. The molecule has 0 aliphatic carbocycles. The number of carbonyl (C=O) groups excluding carboxylic acids is 1. The monoisotopic (exact) mass is 355 g/mol. The van der Waals surface area contributed by atoms with Gasteiger partial charge in [-0.3, -0.25) is 4.79 Å². The van der Waals surface area contributed by atoms with Gasteiger partial charge in [0, 0.05) is 25.2 Å². The Balaban J connectivity index is 2.17. The molecule has 0 bridgehead atoms. The Morgan fingerprint density at radius 1 is 1.52 bits per heavy atom. The van der Waals surface area contributed by atoms with Crippen molar-refractivity contribution in [2.45, 2.75) is 37.2 Å². The van der Waals surface area contributed by atoms with E-state index in [2.05, 4.69) is 21.8 Å². The summed E-state index contributed by atoms with van der Waals surface area (Å²) in [6.45, 7) is 5.89. The molecule has 0 saturated carbocycles. The number of nitrogens with one attached hydrogen (secondary N) is 1. The van der Waals surface area contributed by atoms with Crippen molar-refractivity contribution in [1.29, 1.82) is 0 Å². The Kier molecular flexibility index (Phi) is 6.74. The number of carbonyl (C=O) groups is 1. The van der Waals surface area contributed by atoms with E-state index in [0.29, 0.717) is 18.2 Å². The molecule has 0 aliphatic rings. The summed E-state index contributed by atoms with van der Waals surface area (Å²) in [5.74, 6) is -0.0137. The number of aromatic nitrogens is 2. The van der Waals surface area contributed by atoms with E-state index < -0.39 is 0 Å². The third-order valence-corrected chi connectivity index (χ3v) is 4.70. The number of methoxy groups -OCH3 is 1. The van der Waals surface area contributed by atoms with Gasteiger partial charge in [-0.25, -0.2) is 4.98 Å². The standard InChI is InChI=1S/C16H22ClN3O2S/c1-4-8-20-14-6-5-12(17)10-13(14)19-16(20)23-11(2)15(21)18-7-9-22-3/h5-6,10-11H,4,7-9H2,1-3H3,(H,18,21)/t11-/m0/s1. The number of benzene rings is 1. The van der Waals surface area contributed by atoms with Crippen molar-refractivity contribution in [2.24, 2.45) is 0 Å². The summed E-state index contributed by atoms with van der Waals surface area (Å²) in [6.07, 6.45) is 0.996. The predicted molar refractivity (Wildman–Crippen MR) is 95.2 cm³/mol. The van der Waals surface area contributed by atoms with E-state index in [4.69, 9.17) is 16.3 Å². The van der Waals surface area contributed by atoms with Crippen molar-refractivity contribution in [3.05, 3.63) is 23.2 Å². The van der Waals surface area contributed by atoms with Crippen LogP contribution in [-0.4, -0.2) is 41.0 Å². The van der Waals surface area contributed by atoms with Crippen LogP contribution < -0.4 is 5.32 Å². The van der Waals surface area contributed by atoms with Gasteiger partial charge in [-0.1, -0.05) is 30.3 Å². The summed E-state index contributed by atoms with van der Waals surface area (Å²) in [4.78, 5) is 16.8. The molecule has 1 aromatic heterocycles. The highest BCUT2D eigenvalue weighted by Gasteiger charge is 2.19. The number of ether oxygens (including phenoxy) is 1. The number of rotatable bonds is 8. The Labute approximate surface area is 145 Å². The molecule has 5 nitrogen and oxygen atoms in total. The van der Waals surface area contributed by atoms with E-state index in [1.807, 2.05) is 25.1 Å². The first kappa shape index (κ1) is 18.1. The molecule has 1 N–H and O–H groups in total. The van der Waals surface area contributed by atoms with Crippen LogP contribution in [0, 0.1) is 0 Å². The Morgan fingerprint density at radius 2 is 2.30 bits per heavy atom. The van der Waals surface area contributed by atoms with Crippen LogP contribution in [0.4, 0.5) is 0 Å². The van der Waals surface area contributed by atoms with Crippen molar-refractivity contribution < 1.29 is 9.53 Å². The first-order chi connectivity index (χ1) is 11.1. The average Bonchev–Trinajstić information content (AvgIpc) is 2.84. The second-order valence-electron chi connectivity index (χ2n) is 5.22. The summed E-state index contributed by atoms with van der Waals surface area (Å²) < 4.78 is 7.09. The zero-order chi connectivity index (χ0) is 16.8. The van der Waals surface area contributed by atoms with Gasteiger partial charge in [0.1, 0.15) is 0 Å². The lowest BCUT2D eigenvalue weighted by Gasteiger charge is -2.13. The lowest BCUT2D eigenvalue weighted by molar-refractivity contribution is -0.120. The van der Waals surface area contributed by atoms with Crippen LogP contribution in [0.2, 0.25) is 5.02 Å². The van der Waals surface area contributed by atoms with Gasteiger partial charge in [-0.05, 0) is 31.5 Å². The van der Waals surface area contributed by atoms with Crippen molar-refractivity contribution in [2.75, 3.05) is 20.3 Å². The van der Waals surface area contributed by atoms with E-state index in [0.717, 1.165) is 29.2 Å². The van der Waals surface area contributed by atoms with Crippen LogP contribution in [-0.2, 0) is 16.1 Å². The van der Waals surface area contributed by atoms with Crippen LogP contribution in [0.15, 0.2) is 23.4 Å². The topological polar surface area (TPSA) is 56.2 Å². The fourth-order valence-electron chi connectivity index (χ4n) is 2.24. The maximum absolute atomic E-state index is 12.1. The molecule has 2 aromatic rings. The van der Waals surface area contributed by atoms with Gasteiger partial charge in [0.05, 0.1) is 22.9 Å². The largest absolute Gasteiger partial charge is 0.383 e. The van der Waals surface area contributed by atoms with E-state index in [9.17, 15) is 4.79 Å². The number of halogens is 1. The average molecular weight is 356 g/mol. The summed E-state index contributed by atoms with van der Waals surface area (Å²) in [6, 6.07) is 5.71. The van der Waals surface area contributed by atoms with Crippen molar-refractivity contribution in [3.8, 4) is 0 Å². The molecule has 7 heteroatoms. The van der Waals surface area contributed by atoms with Gasteiger partial charge in [0.2, 0.25) is 5.91 Å².